The number of urea groups is 1. The molecular weight excluding hydrogens is 835 g/mol. The molecule has 0 spiro atoms. The third-order valence-electron chi connectivity index (χ3n) is 12.8. The van der Waals surface area contributed by atoms with Crippen molar-refractivity contribution in [1.29, 1.82) is 0 Å². The monoisotopic (exact) mass is 897 g/mol. The molecule has 3 aliphatic rings. The van der Waals surface area contributed by atoms with Crippen molar-refractivity contribution < 1.29 is 33.4 Å². The molecule has 64 heavy (non-hydrogen) atoms. The highest BCUT2D eigenvalue weighted by atomic mass is 32.1. The highest BCUT2D eigenvalue weighted by molar-refractivity contribution is 7.10. The maximum atomic E-state index is 14.7. The fourth-order valence-corrected chi connectivity index (χ4v) is 10.2. The number of thiazole rings is 1. The van der Waals surface area contributed by atoms with E-state index in [4.69, 9.17) is 19.4 Å². The van der Waals surface area contributed by atoms with Crippen LogP contribution < -0.4 is 16.1 Å². The fraction of sp³-hybridized carbons (Fsp3) is 0.553. The predicted octanol–water partition coefficient (Wildman–Crippen LogP) is 5.35. The zero-order chi connectivity index (χ0) is 46.2. The summed E-state index contributed by atoms with van der Waals surface area (Å²) in [5.74, 6) is -2.10. The van der Waals surface area contributed by atoms with E-state index in [9.17, 15) is 24.0 Å². The number of benzene rings is 1. The van der Waals surface area contributed by atoms with Crippen LogP contribution in [-0.2, 0) is 48.0 Å². The Morgan fingerprint density at radius 2 is 1.92 bits per heavy atom. The number of ether oxygens (including phenoxy) is 2. The molecule has 2 fully saturated rings. The smallest absolute Gasteiger partial charge is 0.324 e. The summed E-state index contributed by atoms with van der Waals surface area (Å²) in [6, 6.07) is 6.44. The summed E-state index contributed by atoms with van der Waals surface area (Å²) in [6.45, 7) is 15.4. The molecule has 0 aliphatic carbocycles. The minimum atomic E-state index is -1.11. The largest absolute Gasteiger partial charge is 0.464 e. The van der Waals surface area contributed by atoms with Gasteiger partial charge in [0, 0.05) is 86.3 Å². The molecule has 6 atom stereocenters. The number of carbonyl (C=O) groups excluding carboxylic acids is 5. The number of carbonyl (C=O) groups is 5. The normalized spacial score (nSPS) is 22.3. The van der Waals surface area contributed by atoms with Gasteiger partial charge in [-0.3, -0.25) is 29.2 Å². The first-order valence-electron chi connectivity index (χ1n) is 22.3. The van der Waals surface area contributed by atoms with Gasteiger partial charge in [0.1, 0.15) is 24.2 Å². The predicted molar refractivity (Wildman–Crippen MR) is 245 cm³/mol. The average Bonchev–Trinajstić information content (AvgIpc) is 3.85. The van der Waals surface area contributed by atoms with Gasteiger partial charge < -0.3 is 34.5 Å². The van der Waals surface area contributed by atoms with E-state index in [1.807, 2.05) is 39.1 Å². The zero-order valence-corrected chi connectivity index (χ0v) is 39.5. The molecule has 0 saturated carbocycles. The summed E-state index contributed by atoms with van der Waals surface area (Å²) in [5, 5.41) is 10.7. The van der Waals surface area contributed by atoms with Gasteiger partial charge in [0.2, 0.25) is 11.8 Å². The van der Waals surface area contributed by atoms with Crippen LogP contribution in [0.5, 0.6) is 0 Å². The summed E-state index contributed by atoms with van der Waals surface area (Å²) in [7, 11) is 4.76. The Morgan fingerprint density at radius 3 is 2.59 bits per heavy atom. The number of esters is 1. The molecule has 4 aromatic rings. The van der Waals surface area contributed by atoms with Gasteiger partial charge in [0.25, 0.3) is 5.91 Å². The molecule has 5 amide bonds. The lowest BCUT2D eigenvalue weighted by Gasteiger charge is -2.43. The number of rotatable bonds is 9. The minimum absolute atomic E-state index is 0.0593. The second-order valence-corrected chi connectivity index (χ2v) is 19.6. The molecule has 16 nitrogen and oxygen atoms in total. The topological polar surface area (TPSA) is 180 Å². The molecule has 6 bridgehead atoms. The number of likely N-dealkylation sites (N-methyl/N-ethyl adjacent to an activating group) is 2. The van der Waals surface area contributed by atoms with E-state index in [0.717, 1.165) is 44.7 Å². The van der Waals surface area contributed by atoms with Crippen molar-refractivity contribution in [1.82, 2.24) is 45.4 Å². The second-order valence-electron chi connectivity index (χ2n) is 18.6. The van der Waals surface area contributed by atoms with Crippen molar-refractivity contribution in [2.75, 3.05) is 40.9 Å². The van der Waals surface area contributed by atoms with Crippen molar-refractivity contribution in [3.63, 3.8) is 0 Å². The Hall–Kier alpha value is -5.39. The third kappa shape index (κ3) is 9.24. The number of hydrogen-bond donors (Lipinski definition) is 3. The molecule has 344 valence electrons. The number of aromatic nitrogens is 3. The van der Waals surface area contributed by atoms with Crippen LogP contribution in [0.3, 0.4) is 0 Å². The number of nitrogens with zero attached hydrogens (tertiary/aromatic N) is 6. The first-order valence-corrected chi connectivity index (χ1v) is 23.2. The summed E-state index contributed by atoms with van der Waals surface area (Å²) >= 11 is 1.40. The number of likely N-dealkylation sites (tertiary alicyclic amines) is 1. The van der Waals surface area contributed by atoms with Gasteiger partial charge in [-0.2, -0.15) is 0 Å². The molecule has 3 aliphatic heterocycles. The molecule has 3 N–H and O–H groups in total. The van der Waals surface area contributed by atoms with E-state index in [2.05, 4.69) is 65.7 Å². The van der Waals surface area contributed by atoms with Crippen LogP contribution >= 0.6 is 11.3 Å². The van der Waals surface area contributed by atoms with E-state index in [-0.39, 0.29) is 36.9 Å². The lowest BCUT2D eigenvalue weighted by Crippen LogP contribution is -2.65. The second kappa shape index (κ2) is 19.0. The number of amides is 5. The van der Waals surface area contributed by atoms with E-state index in [1.165, 1.54) is 33.2 Å². The summed E-state index contributed by atoms with van der Waals surface area (Å²) in [4.78, 5) is 82.0. The Labute approximate surface area is 379 Å². The molecular formula is C47H63N9O7S. The molecule has 2 saturated heterocycles. The van der Waals surface area contributed by atoms with E-state index in [0.29, 0.717) is 43.9 Å². The van der Waals surface area contributed by atoms with Gasteiger partial charge in [-0.25, -0.2) is 15.2 Å². The number of aryl methyl sites for hydroxylation is 1. The maximum Gasteiger partial charge on any atom is 0.324 e. The van der Waals surface area contributed by atoms with Gasteiger partial charge in [0.15, 0.2) is 0 Å². The first-order chi connectivity index (χ1) is 30.5. The quantitative estimate of drug-likeness (QED) is 0.186. The van der Waals surface area contributed by atoms with Crippen LogP contribution in [0.1, 0.15) is 83.7 Å². The highest BCUT2D eigenvalue weighted by Crippen LogP contribution is 2.42. The fourth-order valence-electron chi connectivity index (χ4n) is 9.39. The van der Waals surface area contributed by atoms with Crippen molar-refractivity contribution in [2.45, 2.75) is 111 Å². The Balaban J connectivity index is 1.29. The SMILES string of the molecule is CCn1c(-c2cccnc2[C@H](C)OC)c2c3cc(ccc31)-c1csc(n1)C[C@H](NC(=O)C(C(C)C)N(C)C(=O)N1CC[C@H]1C(=O)NC)C(=O)N1CC(C)C[C@H](N1)C(=O)OCC(C)(C)C2. The number of pyridine rings is 1. The van der Waals surface area contributed by atoms with Crippen molar-refractivity contribution in [3.8, 4) is 22.5 Å². The van der Waals surface area contributed by atoms with Crippen molar-refractivity contribution >= 4 is 52.0 Å². The van der Waals surface area contributed by atoms with Gasteiger partial charge in [-0.05, 0) is 74.8 Å². The molecule has 1 aromatic carbocycles. The van der Waals surface area contributed by atoms with Gasteiger partial charge in [0.05, 0.1) is 34.8 Å². The van der Waals surface area contributed by atoms with Crippen LogP contribution in [0.15, 0.2) is 41.9 Å². The van der Waals surface area contributed by atoms with Crippen LogP contribution in [0.4, 0.5) is 4.79 Å². The summed E-state index contributed by atoms with van der Waals surface area (Å²) in [5.41, 5.74) is 9.24. The van der Waals surface area contributed by atoms with Crippen LogP contribution in [0.2, 0.25) is 0 Å². The van der Waals surface area contributed by atoms with E-state index in [1.54, 1.807) is 20.4 Å². The van der Waals surface area contributed by atoms with E-state index < -0.39 is 53.4 Å². The molecule has 0 radical (unpaired) electrons. The molecule has 3 aromatic heterocycles. The van der Waals surface area contributed by atoms with Crippen molar-refractivity contribution in [2.24, 2.45) is 17.3 Å². The highest BCUT2D eigenvalue weighted by Gasteiger charge is 2.43. The Kier molecular flexibility index (Phi) is 13.8. The van der Waals surface area contributed by atoms with Crippen LogP contribution in [-0.4, -0.2) is 124 Å². The number of cyclic esters (lactones) is 1. The van der Waals surface area contributed by atoms with Crippen LogP contribution in [0, 0.1) is 17.3 Å². The number of nitrogens with one attached hydrogen (secondary N) is 3. The van der Waals surface area contributed by atoms with Crippen molar-refractivity contribution in [3.05, 3.63) is 58.2 Å². The van der Waals surface area contributed by atoms with Gasteiger partial charge >= 0.3 is 12.0 Å². The number of hydrazine groups is 1. The van der Waals surface area contributed by atoms with Gasteiger partial charge in [-0.15, -0.1) is 11.3 Å². The summed E-state index contributed by atoms with van der Waals surface area (Å²) in [6.07, 6.45) is 3.14. The number of hydrogen-bond acceptors (Lipinski definition) is 11. The Morgan fingerprint density at radius 1 is 1.16 bits per heavy atom. The lowest BCUT2D eigenvalue weighted by molar-refractivity contribution is -0.157. The van der Waals surface area contributed by atoms with Gasteiger partial charge in [-0.1, -0.05) is 40.7 Å². The van der Waals surface area contributed by atoms with E-state index >= 15 is 0 Å². The van der Waals surface area contributed by atoms with Crippen LogP contribution in [0.25, 0.3) is 33.4 Å². The first kappa shape index (κ1) is 46.6. The number of methoxy groups -OCH3 is 1. The molecule has 17 heteroatoms. The summed E-state index contributed by atoms with van der Waals surface area (Å²) < 4.78 is 14.3. The Bertz CT molecular complexity index is 2410. The standard InChI is InChI=1S/C47H63N9O7S/c1-11-54-36-15-14-29-20-31(36)32(41(54)30-13-12-17-49-39(30)28(5)62-10)22-47(6,7)25-63-45(60)34-19-27(4)23-56(52-34)44(59)33(21-38-50-35(29)24-64-38)51-43(58)40(26(2)3)53(9)46(61)55-18-16-37(55)42(57)48-8/h12-15,17,20,24,26-28,33-34,37,40,52H,11,16,18-19,21-23,25H2,1-10H3,(H,48,57)(H,51,58)/t27?,28-,33-,34-,37-,40?/m0/s1. The maximum absolute atomic E-state index is 14.7. The zero-order valence-electron chi connectivity index (χ0n) is 38.7. The molecule has 6 heterocycles. The lowest BCUT2D eigenvalue weighted by atomic mass is 9.84. The number of fused-ring (bicyclic) bond motifs is 6. The molecule has 7 rings (SSSR count). The third-order valence-corrected chi connectivity index (χ3v) is 13.7. The minimum Gasteiger partial charge on any atom is -0.464 e. The average molecular weight is 898 g/mol. The molecule has 2 unspecified atom stereocenters.